The van der Waals surface area contributed by atoms with E-state index in [-0.39, 0.29) is 23.9 Å². The van der Waals surface area contributed by atoms with Crippen LogP contribution in [0, 0.1) is 10.1 Å². The number of anilines is 1. The lowest BCUT2D eigenvalue weighted by molar-refractivity contribution is -0.385. The lowest BCUT2D eigenvalue weighted by Crippen LogP contribution is -2.06. The van der Waals surface area contributed by atoms with E-state index in [1.165, 1.54) is 12.6 Å². The molecule has 2 heterocycles. The van der Waals surface area contributed by atoms with E-state index in [1.807, 2.05) is 0 Å². The van der Waals surface area contributed by atoms with Gasteiger partial charge in [-0.2, -0.15) is 4.98 Å². The van der Waals surface area contributed by atoms with E-state index in [0.29, 0.717) is 11.5 Å². The van der Waals surface area contributed by atoms with E-state index in [9.17, 15) is 10.1 Å². The maximum absolute atomic E-state index is 11.4. The Kier molecular flexibility index (Phi) is 4.71. The number of rotatable bonds is 6. The molecule has 0 bridgehead atoms. The van der Waals surface area contributed by atoms with E-state index in [0.717, 1.165) is 4.47 Å². The molecule has 0 saturated carbocycles. The summed E-state index contributed by atoms with van der Waals surface area (Å²) in [5.74, 6) is 0.966. The van der Waals surface area contributed by atoms with Gasteiger partial charge in [-0.25, -0.2) is 4.98 Å². The van der Waals surface area contributed by atoms with E-state index < -0.39 is 4.92 Å². The number of aromatic nitrogens is 2. The molecular formula is C15H11BrN4O4. The zero-order chi connectivity index (χ0) is 16.9. The molecule has 2 aromatic heterocycles. The topological polar surface area (TPSA) is 103 Å². The van der Waals surface area contributed by atoms with E-state index in [4.69, 9.17) is 9.15 Å². The second-order valence-electron chi connectivity index (χ2n) is 4.62. The number of ether oxygens (including phenoxy) is 1. The van der Waals surface area contributed by atoms with Gasteiger partial charge in [-0.05, 0) is 36.4 Å². The van der Waals surface area contributed by atoms with Crippen molar-refractivity contribution in [3.05, 3.63) is 69.3 Å². The normalized spacial score (nSPS) is 10.4. The fourth-order valence-electron chi connectivity index (χ4n) is 1.93. The maximum atomic E-state index is 11.4. The number of nitrogens with zero attached hydrogens (tertiary/aromatic N) is 3. The van der Waals surface area contributed by atoms with E-state index >= 15 is 0 Å². The molecule has 0 saturated heterocycles. The summed E-state index contributed by atoms with van der Waals surface area (Å²) in [7, 11) is 0. The van der Waals surface area contributed by atoms with Gasteiger partial charge in [-0.3, -0.25) is 10.1 Å². The Morgan fingerprint density at radius 1 is 1.25 bits per heavy atom. The molecule has 9 heteroatoms. The van der Waals surface area contributed by atoms with Crippen molar-refractivity contribution < 1.29 is 14.1 Å². The molecule has 0 unspecified atom stereocenters. The lowest BCUT2D eigenvalue weighted by Gasteiger charge is -2.08. The summed E-state index contributed by atoms with van der Waals surface area (Å²) in [4.78, 5) is 18.6. The first-order chi connectivity index (χ1) is 11.6. The minimum atomic E-state index is -0.585. The van der Waals surface area contributed by atoms with Crippen molar-refractivity contribution in [2.45, 2.75) is 6.54 Å². The first kappa shape index (κ1) is 15.9. The largest absolute Gasteiger partial charge is 0.467 e. The lowest BCUT2D eigenvalue weighted by atomic mass is 10.3. The van der Waals surface area contributed by atoms with Crippen LogP contribution in [0.25, 0.3) is 0 Å². The second-order valence-corrected chi connectivity index (χ2v) is 5.54. The maximum Gasteiger partial charge on any atom is 0.373 e. The number of hydrogen-bond donors (Lipinski definition) is 1. The van der Waals surface area contributed by atoms with Crippen molar-refractivity contribution in [2.24, 2.45) is 0 Å². The molecule has 0 aliphatic rings. The highest BCUT2D eigenvalue weighted by molar-refractivity contribution is 9.10. The third-order valence-electron chi connectivity index (χ3n) is 3.01. The Hall–Kier alpha value is -2.94. The quantitative estimate of drug-likeness (QED) is 0.497. The Morgan fingerprint density at radius 3 is 2.71 bits per heavy atom. The highest BCUT2D eigenvalue weighted by atomic mass is 79.9. The molecule has 3 rings (SSSR count). The van der Waals surface area contributed by atoms with Crippen LogP contribution in [0.5, 0.6) is 11.6 Å². The first-order valence-electron chi connectivity index (χ1n) is 6.82. The molecule has 0 aliphatic carbocycles. The van der Waals surface area contributed by atoms with Gasteiger partial charge in [0.2, 0.25) is 5.82 Å². The van der Waals surface area contributed by atoms with Crippen LogP contribution >= 0.6 is 15.9 Å². The van der Waals surface area contributed by atoms with Crippen LogP contribution in [0.2, 0.25) is 0 Å². The van der Waals surface area contributed by atoms with Crippen LogP contribution in [0.1, 0.15) is 5.76 Å². The Labute approximate surface area is 144 Å². The van der Waals surface area contributed by atoms with Crippen molar-refractivity contribution in [3.8, 4) is 11.6 Å². The fraction of sp³-hybridized carbons (Fsp3) is 0.0667. The average molecular weight is 391 g/mol. The summed E-state index contributed by atoms with van der Waals surface area (Å²) in [5, 5.41) is 14.3. The number of benzene rings is 1. The molecule has 0 fully saturated rings. The molecule has 3 aromatic rings. The van der Waals surface area contributed by atoms with Crippen molar-refractivity contribution >= 4 is 27.4 Å². The Bertz CT molecular complexity index is 837. The molecule has 0 atom stereocenters. The summed E-state index contributed by atoms with van der Waals surface area (Å²) in [6.07, 6.45) is 2.72. The molecule has 0 radical (unpaired) electrons. The van der Waals surface area contributed by atoms with Crippen molar-refractivity contribution in [3.63, 3.8) is 0 Å². The van der Waals surface area contributed by atoms with Gasteiger partial charge in [-0.1, -0.05) is 15.9 Å². The average Bonchev–Trinajstić information content (AvgIpc) is 3.08. The van der Waals surface area contributed by atoms with Crippen LogP contribution in [0.4, 0.5) is 11.5 Å². The van der Waals surface area contributed by atoms with Gasteiger partial charge in [0.25, 0.3) is 0 Å². The second kappa shape index (κ2) is 7.09. The third-order valence-corrected chi connectivity index (χ3v) is 3.54. The zero-order valence-corrected chi connectivity index (χ0v) is 13.8. The minimum Gasteiger partial charge on any atom is -0.467 e. The monoisotopic (exact) mass is 390 g/mol. The van der Waals surface area contributed by atoms with Crippen LogP contribution in [0.3, 0.4) is 0 Å². The van der Waals surface area contributed by atoms with Crippen LogP contribution < -0.4 is 10.1 Å². The molecule has 0 amide bonds. The molecule has 122 valence electrons. The van der Waals surface area contributed by atoms with Gasteiger partial charge in [0.15, 0.2) is 0 Å². The van der Waals surface area contributed by atoms with Gasteiger partial charge < -0.3 is 14.5 Å². The SMILES string of the molecule is O=[N+]([O-])c1c(NCc2ccco2)ncnc1Oc1ccc(Br)cc1. The fourth-order valence-corrected chi connectivity index (χ4v) is 2.19. The summed E-state index contributed by atoms with van der Waals surface area (Å²) in [6, 6.07) is 10.3. The van der Waals surface area contributed by atoms with Crippen molar-refractivity contribution in [2.75, 3.05) is 5.32 Å². The number of furan rings is 1. The summed E-state index contributed by atoms with van der Waals surface area (Å²) < 4.78 is 11.6. The van der Waals surface area contributed by atoms with Crippen molar-refractivity contribution in [1.82, 2.24) is 9.97 Å². The Balaban J connectivity index is 1.87. The molecule has 1 N–H and O–H groups in total. The Morgan fingerprint density at radius 2 is 2.04 bits per heavy atom. The minimum absolute atomic E-state index is 0.0542. The zero-order valence-electron chi connectivity index (χ0n) is 12.2. The molecular weight excluding hydrogens is 380 g/mol. The number of nitro groups is 1. The predicted molar refractivity (Wildman–Crippen MR) is 88.9 cm³/mol. The van der Waals surface area contributed by atoms with Gasteiger partial charge in [-0.15, -0.1) is 0 Å². The molecule has 1 aromatic carbocycles. The number of halogens is 1. The van der Waals surface area contributed by atoms with Gasteiger partial charge in [0, 0.05) is 4.47 Å². The summed E-state index contributed by atoms with van der Waals surface area (Å²) >= 11 is 3.31. The standard InChI is InChI=1S/C15H11BrN4O4/c16-10-3-5-11(6-4-10)24-15-13(20(21)22)14(18-9-19-15)17-8-12-2-1-7-23-12/h1-7,9H,8H2,(H,17,18,19). The van der Waals surface area contributed by atoms with Crippen LogP contribution in [-0.2, 0) is 6.54 Å². The molecule has 24 heavy (non-hydrogen) atoms. The van der Waals surface area contributed by atoms with E-state index in [2.05, 4.69) is 31.2 Å². The smallest absolute Gasteiger partial charge is 0.373 e. The number of hydrogen-bond acceptors (Lipinski definition) is 7. The number of nitrogens with one attached hydrogen (secondary N) is 1. The highest BCUT2D eigenvalue weighted by Crippen LogP contribution is 2.34. The van der Waals surface area contributed by atoms with Gasteiger partial charge in [0.05, 0.1) is 17.7 Å². The predicted octanol–water partition coefficient (Wildman–Crippen LogP) is 4.14. The van der Waals surface area contributed by atoms with Crippen LogP contribution in [0.15, 0.2) is 57.9 Å². The summed E-state index contributed by atoms with van der Waals surface area (Å²) in [5.41, 5.74) is -0.341. The first-order valence-corrected chi connectivity index (χ1v) is 7.62. The molecule has 8 nitrogen and oxygen atoms in total. The van der Waals surface area contributed by atoms with Crippen LogP contribution in [-0.4, -0.2) is 14.9 Å². The highest BCUT2D eigenvalue weighted by Gasteiger charge is 2.25. The summed E-state index contributed by atoms with van der Waals surface area (Å²) in [6.45, 7) is 0.253. The van der Waals surface area contributed by atoms with Gasteiger partial charge >= 0.3 is 11.6 Å². The third kappa shape index (κ3) is 3.69. The van der Waals surface area contributed by atoms with Crippen molar-refractivity contribution in [1.29, 1.82) is 0 Å². The van der Waals surface area contributed by atoms with E-state index in [1.54, 1.807) is 36.4 Å². The van der Waals surface area contributed by atoms with Gasteiger partial charge in [0.1, 0.15) is 17.8 Å². The molecule has 0 aliphatic heterocycles. The molecule has 0 spiro atoms.